The first kappa shape index (κ1) is 13.9. The summed E-state index contributed by atoms with van der Waals surface area (Å²) in [5.41, 5.74) is 2.24. The van der Waals surface area contributed by atoms with Gasteiger partial charge in [0.15, 0.2) is 0 Å². The van der Waals surface area contributed by atoms with E-state index in [0.717, 1.165) is 24.0 Å². The van der Waals surface area contributed by atoms with Crippen LogP contribution in [-0.4, -0.2) is 16.0 Å². The zero-order valence-electron chi connectivity index (χ0n) is 12.5. The van der Waals surface area contributed by atoms with Gasteiger partial charge >= 0.3 is 0 Å². The SMILES string of the molecule is Cc1cc(NCc2ccccc2)nc(NC2CCCC2)n1. The molecule has 3 rings (SSSR count). The normalized spacial score (nSPS) is 15.1. The van der Waals surface area contributed by atoms with Gasteiger partial charge in [-0.25, -0.2) is 4.98 Å². The molecule has 0 atom stereocenters. The van der Waals surface area contributed by atoms with Crippen molar-refractivity contribution in [2.45, 2.75) is 45.2 Å². The molecule has 0 unspecified atom stereocenters. The van der Waals surface area contributed by atoms with Gasteiger partial charge in [-0.3, -0.25) is 0 Å². The van der Waals surface area contributed by atoms with E-state index in [4.69, 9.17) is 0 Å². The number of hydrogen-bond acceptors (Lipinski definition) is 4. The van der Waals surface area contributed by atoms with Crippen molar-refractivity contribution in [1.29, 1.82) is 0 Å². The van der Waals surface area contributed by atoms with E-state index in [1.165, 1.54) is 31.2 Å². The van der Waals surface area contributed by atoms with E-state index >= 15 is 0 Å². The van der Waals surface area contributed by atoms with Gasteiger partial charge in [0, 0.05) is 24.3 Å². The molecule has 0 bridgehead atoms. The smallest absolute Gasteiger partial charge is 0.225 e. The van der Waals surface area contributed by atoms with Crippen LogP contribution < -0.4 is 10.6 Å². The third-order valence-electron chi connectivity index (χ3n) is 3.86. The lowest BCUT2D eigenvalue weighted by Crippen LogP contribution is -2.17. The van der Waals surface area contributed by atoms with Gasteiger partial charge < -0.3 is 10.6 Å². The van der Waals surface area contributed by atoms with Gasteiger partial charge in [-0.15, -0.1) is 0 Å². The van der Waals surface area contributed by atoms with E-state index in [1.807, 2.05) is 19.1 Å². The van der Waals surface area contributed by atoms with Gasteiger partial charge in [-0.05, 0) is 25.3 Å². The van der Waals surface area contributed by atoms with E-state index in [0.29, 0.717) is 6.04 Å². The number of nitrogens with one attached hydrogen (secondary N) is 2. The predicted molar refractivity (Wildman–Crippen MR) is 86.4 cm³/mol. The summed E-state index contributed by atoms with van der Waals surface area (Å²) in [5, 5.41) is 6.83. The molecule has 0 saturated heterocycles. The molecule has 0 amide bonds. The van der Waals surface area contributed by atoms with Gasteiger partial charge in [0.25, 0.3) is 0 Å². The molecule has 1 fully saturated rings. The van der Waals surface area contributed by atoms with E-state index in [-0.39, 0.29) is 0 Å². The van der Waals surface area contributed by atoms with Crippen molar-refractivity contribution in [3.8, 4) is 0 Å². The molecule has 0 aliphatic heterocycles. The number of anilines is 2. The highest BCUT2D eigenvalue weighted by atomic mass is 15.2. The molecule has 1 aliphatic rings. The van der Waals surface area contributed by atoms with E-state index < -0.39 is 0 Å². The van der Waals surface area contributed by atoms with Crippen LogP contribution in [0.5, 0.6) is 0 Å². The van der Waals surface area contributed by atoms with E-state index in [9.17, 15) is 0 Å². The Kier molecular flexibility index (Phi) is 4.34. The first-order valence-corrected chi connectivity index (χ1v) is 7.69. The van der Waals surface area contributed by atoms with Crippen LogP contribution >= 0.6 is 0 Å². The molecule has 0 spiro atoms. The Hall–Kier alpha value is -2.10. The van der Waals surface area contributed by atoms with Gasteiger partial charge in [0.05, 0.1) is 0 Å². The summed E-state index contributed by atoms with van der Waals surface area (Å²) in [5.74, 6) is 1.63. The Balaban J connectivity index is 1.65. The summed E-state index contributed by atoms with van der Waals surface area (Å²) in [6.45, 7) is 2.79. The number of rotatable bonds is 5. The summed E-state index contributed by atoms with van der Waals surface area (Å²) in [7, 11) is 0. The average molecular weight is 282 g/mol. The van der Waals surface area contributed by atoms with Gasteiger partial charge in [-0.1, -0.05) is 43.2 Å². The standard InChI is InChI=1S/C17H22N4/c1-13-11-16(18-12-14-7-3-2-4-8-14)21-17(19-13)20-15-9-5-6-10-15/h2-4,7-8,11,15H,5-6,9-10,12H2,1H3,(H2,18,19,20,21). The summed E-state index contributed by atoms with van der Waals surface area (Å²) in [6, 6.07) is 12.9. The minimum absolute atomic E-state index is 0.536. The minimum atomic E-state index is 0.536. The van der Waals surface area contributed by atoms with Crippen LogP contribution in [0.4, 0.5) is 11.8 Å². The Morgan fingerprint density at radius 3 is 2.62 bits per heavy atom. The third-order valence-corrected chi connectivity index (χ3v) is 3.86. The molecule has 2 N–H and O–H groups in total. The van der Waals surface area contributed by atoms with Crippen LogP contribution in [0, 0.1) is 6.92 Å². The topological polar surface area (TPSA) is 49.8 Å². The third kappa shape index (κ3) is 3.94. The molecule has 4 nitrogen and oxygen atoms in total. The second-order valence-corrected chi connectivity index (χ2v) is 5.68. The fourth-order valence-electron chi connectivity index (χ4n) is 2.76. The fraction of sp³-hybridized carbons (Fsp3) is 0.412. The van der Waals surface area contributed by atoms with Gasteiger partial charge in [0.1, 0.15) is 5.82 Å². The molecular weight excluding hydrogens is 260 g/mol. The van der Waals surface area contributed by atoms with Crippen LogP contribution in [0.3, 0.4) is 0 Å². The van der Waals surface area contributed by atoms with Crippen LogP contribution in [0.1, 0.15) is 36.9 Å². The highest BCUT2D eigenvalue weighted by Gasteiger charge is 2.15. The number of nitrogens with zero attached hydrogens (tertiary/aromatic N) is 2. The van der Waals surface area contributed by atoms with Gasteiger partial charge in [0.2, 0.25) is 5.95 Å². The molecule has 4 heteroatoms. The molecule has 0 radical (unpaired) electrons. The van der Waals surface area contributed by atoms with E-state index in [1.54, 1.807) is 0 Å². The summed E-state index contributed by atoms with van der Waals surface area (Å²) >= 11 is 0. The van der Waals surface area contributed by atoms with Crippen molar-refractivity contribution in [1.82, 2.24) is 9.97 Å². The number of hydrogen-bond donors (Lipinski definition) is 2. The lowest BCUT2D eigenvalue weighted by atomic mass is 10.2. The second kappa shape index (κ2) is 6.57. The average Bonchev–Trinajstić information content (AvgIpc) is 2.99. The monoisotopic (exact) mass is 282 g/mol. The molecule has 1 aromatic carbocycles. The molecule has 1 heterocycles. The van der Waals surface area contributed by atoms with Gasteiger partial charge in [-0.2, -0.15) is 4.98 Å². The van der Waals surface area contributed by atoms with Crippen LogP contribution in [0.25, 0.3) is 0 Å². The Morgan fingerprint density at radius 2 is 1.86 bits per heavy atom. The zero-order chi connectivity index (χ0) is 14.5. The zero-order valence-corrected chi connectivity index (χ0v) is 12.5. The first-order valence-electron chi connectivity index (χ1n) is 7.69. The highest BCUT2D eigenvalue weighted by molar-refractivity contribution is 5.43. The van der Waals surface area contributed by atoms with Crippen molar-refractivity contribution >= 4 is 11.8 Å². The van der Waals surface area contributed by atoms with Crippen molar-refractivity contribution < 1.29 is 0 Å². The Labute approximate surface area is 126 Å². The molecule has 21 heavy (non-hydrogen) atoms. The Bertz CT molecular complexity index is 577. The molecule has 110 valence electrons. The number of aromatic nitrogens is 2. The maximum absolute atomic E-state index is 4.58. The lowest BCUT2D eigenvalue weighted by Gasteiger charge is -2.14. The molecule has 1 aromatic heterocycles. The second-order valence-electron chi connectivity index (χ2n) is 5.68. The summed E-state index contributed by atoms with van der Waals surface area (Å²) < 4.78 is 0. The summed E-state index contributed by atoms with van der Waals surface area (Å²) in [4.78, 5) is 9.07. The van der Waals surface area contributed by atoms with Crippen LogP contribution in [0.15, 0.2) is 36.4 Å². The van der Waals surface area contributed by atoms with Crippen molar-refractivity contribution in [2.24, 2.45) is 0 Å². The van der Waals surface area contributed by atoms with E-state index in [2.05, 4.69) is 44.9 Å². The fourth-order valence-corrected chi connectivity index (χ4v) is 2.76. The molecule has 2 aromatic rings. The maximum atomic E-state index is 4.58. The van der Waals surface area contributed by atoms with Crippen molar-refractivity contribution in [3.05, 3.63) is 47.7 Å². The molecule has 1 aliphatic carbocycles. The molecular formula is C17H22N4. The van der Waals surface area contributed by atoms with Crippen molar-refractivity contribution in [3.63, 3.8) is 0 Å². The Morgan fingerprint density at radius 1 is 1.10 bits per heavy atom. The quantitative estimate of drug-likeness (QED) is 0.877. The predicted octanol–water partition coefficient (Wildman–Crippen LogP) is 3.75. The maximum Gasteiger partial charge on any atom is 0.225 e. The molecule has 1 saturated carbocycles. The number of benzene rings is 1. The highest BCUT2D eigenvalue weighted by Crippen LogP contribution is 2.21. The summed E-state index contributed by atoms with van der Waals surface area (Å²) in [6.07, 6.45) is 5.07. The minimum Gasteiger partial charge on any atom is -0.366 e. The first-order chi connectivity index (χ1) is 10.3. The van der Waals surface area contributed by atoms with Crippen molar-refractivity contribution in [2.75, 3.05) is 10.6 Å². The lowest BCUT2D eigenvalue weighted by molar-refractivity contribution is 0.743. The largest absolute Gasteiger partial charge is 0.366 e. The van der Waals surface area contributed by atoms with Crippen LogP contribution in [-0.2, 0) is 6.54 Å². The van der Waals surface area contributed by atoms with Crippen LogP contribution in [0.2, 0.25) is 0 Å². The number of aryl methyl sites for hydroxylation is 1.